The van der Waals surface area contributed by atoms with Gasteiger partial charge in [-0.15, -0.1) is 0 Å². The van der Waals surface area contributed by atoms with Gasteiger partial charge in [0.25, 0.3) is 0 Å². The van der Waals surface area contributed by atoms with Crippen molar-refractivity contribution in [2.45, 2.75) is 38.6 Å². The van der Waals surface area contributed by atoms with E-state index in [2.05, 4.69) is 28.2 Å². The lowest BCUT2D eigenvalue weighted by Gasteiger charge is -2.34. The first-order valence-corrected chi connectivity index (χ1v) is 7.18. The van der Waals surface area contributed by atoms with Crippen molar-refractivity contribution in [2.75, 3.05) is 6.54 Å². The fourth-order valence-electron chi connectivity index (χ4n) is 2.45. The van der Waals surface area contributed by atoms with Crippen LogP contribution in [0.15, 0.2) is 22.7 Å². The van der Waals surface area contributed by atoms with Gasteiger partial charge in [-0.25, -0.2) is 4.39 Å². The molecule has 3 heteroatoms. The van der Waals surface area contributed by atoms with E-state index < -0.39 is 0 Å². The Bertz CT molecular complexity index is 376. The Morgan fingerprint density at radius 1 is 1.47 bits per heavy atom. The third-order valence-electron chi connectivity index (χ3n) is 3.66. The third kappa shape index (κ3) is 3.08. The number of benzene rings is 1. The molecule has 94 valence electrons. The molecule has 0 spiro atoms. The maximum absolute atomic E-state index is 13.4. The van der Waals surface area contributed by atoms with Crippen LogP contribution in [0.4, 0.5) is 4.39 Å². The summed E-state index contributed by atoms with van der Waals surface area (Å²) in [6.45, 7) is 3.11. The first kappa shape index (κ1) is 13.0. The highest BCUT2D eigenvalue weighted by Gasteiger charge is 2.27. The van der Waals surface area contributed by atoms with E-state index in [-0.39, 0.29) is 5.82 Å². The highest BCUT2D eigenvalue weighted by atomic mass is 79.9. The summed E-state index contributed by atoms with van der Waals surface area (Å²) in [6, 6.07) is 5.79. The summed E-state index contributed by atoms with van der Waals surface area (Å²) >= 11 is 3.35. The topological polar surface area (TPSA) is 12.0 Å². The minimum Gasteiger partial charge on any atom is -0.314 e. The van der Waals surface area contributed by atoms with Crippen LogP contribution < -0.4 is 5.32 Å². The zero-order chi connectivity index (χ0) is 12.3. The minimum atomic E-state index is -0.161. The maximum Gasteiger partial charge on any atom is 0.137 e. The van der Waals surface area contributed by atoms with Crippen molar-refractivity contribution >= 4 is 15.9 Å². The summed E-state index contributed by atoms with van der Waals surface area (Å²) in [5, 5.41) is 3.54. The van der Waals surface area contributed by atoms with Gasteiger partial charge in [0.05, 0.1) is 4.47 Å². The van der Waals surface area contributed by atoms with Crippen molar-refractivity contribution in [2.24, 2.45) is 5.92 Å². The summed E-state index contributed by atoms with van der Waals surface area (Å²) in [5.74, 6) is 0.608. The van der Waals surface area contributed by atoms with E-state index >= 15 is 0 Å². The van der Waals surface area contributed by atoms with Gasteiger partial charge >= 0.3 is 0 Å². The second kappa shape index (κ2) is 5.96. The van der Waals surface area contributed by atoms with Crippen LogP contribution in [-0.4, -0.2) is 12.6 Å². The highest BCUT2D eigenvalue weighted by molar-refractivity contribution is 9.10. The average Bonchev–Trinajstić information content (AvgIpc) is 2.22. The van der Waals surface area contributed by atoms with E-state index in [4.69, 9.17) is 0 Å². The van der Waals surface area contributed by atoms with Gasteiger partial charge < -0.3 is 5.32 Å². The number of halogens is 2. The fourth-order valence-corrected chi connectivity index (χ4v) is 2.88. The Kier molecular flexibility index (Phi) is 4.57. The molecular formula is C14H19BrFN. The molecule has 0 bridgehead atoms. The van der Waals surface area contributed by atoms with Crippen LogP contribution in [0.1, 0.15) is 31.7 Å². The van der Waals surface area contributed by atoms with Crippen LogP contribution >= 0.6 is 15.9 Å². The van der Waals surface area contributed by atoms with Gasteiger partial charge in [-0.3, -0.25) is 0 Å². The first-order chi connectivity index (χ1) is 8.22. The van der Waals surface area contributed by atoms with Crippen molar-refractivity contribution in [3.8, 4) is 0 Å². The van der Waals surface area contributed by atoms with E-state index in [1.165, 1.54) is 25.3 Å². The lowest BCUT2D eigenvalue weighted by Crippen LogP contribution is -2.41. The number of hydrogen-bond acceptors (Lipinski definition) is 1. The molecule has 17 heavy (non-hydrogen) atoms. The largest absolute Gasteiger partial charge is 0.314 e. The molecule has 0 aromatic heterocycles. The molecule has 1 atom stereocenters. The van der Waals surface area contributed by atoms with E-state index in [0.29, 0.717) is 10.5 Å². The van der Waals surface area contributed by atoms with Crippen molar-refractivity contribution in [1.29, 1.82) is 0 Å². The van der Waals surface area contributed by atoms with E-state index in [0.717, 1.165) is 24.4 Å². The molecule has 0 radical (unpaired) electrons. The molecule has 0 amide bonds. The normalized spacial score (nSPS) is 17.8. The van der Waals surface area contributed by atoms with Crippen LogP contribution in [0.3, 0.4) is 0 Å². The number of rotatable bonds is 5. The van der Waals surface area contributed by atoms with Crippen LogP contribution in [0.25, 0.3) is 0 Å². The average molecular weight is 300 g/mol. The van der Waals surface area contributed by atoms with Gasteiger partial charge in [-0.1, -0.05) is 25.5 Å². The lowest BCUT2D eigenvalue weighted by atomic mass is 9.77. The third-order valence-corrected chi connectivity index (χ3v) is 4.54. The minimum absolute atomic E-state index is 0.161. The number of hydrogen-bond donors (Lipinski definition) is 1. The molecule has 1 aliphatic rings. The van der Waals surface area contributed by atoms with E-state index in [1.807, 2.05) is 6.07 Å². The second-order valence-corrected chi connectivity index (χ2v) is 5.57. The zero-order valence-corrected chi connectivity index (χ0v) is 11.8. The molecule has 1 aromatic rings. The molecule has 1 saturated carbocycles. The molecule has 0 aliphatic heterocycles. The zero-order valence-electron chi connectivity index (χ0n) is 10.2. The molecule has 1 aromatic carbocycles. The van der Waals surface area contributed by atoms with Gasteiger partial charge in [0, 0.05) is 6.04 Å². The number of nitrogens with one attached hydrogen (secondary N) is 1. The van der Waals surface area contributed by atoms with Crippen LogP contribution in [0.2, 0.25) is 0 Å². The van der Waals surface area contributed by atoms with Gasteiger partial charge in [0.1, 0.15) is 5.82 Å². The Hall–Kier alpha value is -0.410. The molecular weight excluding hydrogens is 281 g/mol. The molecule has 1 N–H and O–H groups in total. The number of likely N-dealkylation sites (N-methyl/N-ethyl adjacent to an activating group) is 1. The van der Waals surface area contributed by atoms with Crippen LogP contribution in [0.5, 0.6) is 0 Å². The lowest BCUT2D eigenvalue weighted by molar-refractivity contribution is 0.229. The van der Waals surface area contributed by atoms with Crippen LogP contribution in [-0.2, 0) is 6.42 Å². The van der Waals surface area contributed by atoms with Crippen molar-refractivity contribution in [3.05, 3.63) is 34.1 Å². The molecule has 1 fully saturated rings. The fraction of sp³-hybridized carbons (Fsp3) is 0.571. The van der Waals surface area contributed by atoms with E-state index in [9.17, 15) is 4.39 Å². The Morgan fingerprint density at radius 2 is 2.24 bits per heavy atom. The standard InChI is InChI=1S/C14H19BrFN/c1-2-17-13(10-5-3-6-10)9-11-7-4-8-12(16)14(11)15/h4,7-8,10,13,17H,2-3,5-6,9H2,1H3. The summed E-state index contributed by atoms with van der Waals surface area (Å²) in [5.41, 5.74) is 1.07. The summed E-state index contributed by atoms with van der Waals surface area (Å²) < 4.78 is 14.1. The van der Waals surface area contributed by atoms with Gasteiger partial charge in [-0.2, -0.15) is 0 Å². The molecule has 2 rings (SSSR count). The SMILES string of the molecule is CCNC(Cc1cccc(F)c1Br)C1CCC1. The predicted octanol–water partition coefficient (Wildman–Crippen LogP) is 3.91. The smallest absolute Gasteiger partial charge is 0.137 e. The van der Waals surface area contributed by atoms with E-state index in [1.54, 1.807) is 6.07 Å². The Balaban J connectivity index is 2.08. The molecule has 0 heterocycles. The first-order valence-electron chi connectivity index (χ1n) is 6.38. The highest BCUT2D eigenvalue weighted by Crippen LogP contribution is 2.32. The molecule has 1 aliphatic carbocycles. The van der Waals surface area contributed by atoms with Crippen molar-refractivity contribution in [3.63, 3.8) is 0 Å². The Labute approximate surface area is 111 Å². The molecule has 0 saturated heterocycles. The van der Waals surface area contributed by atoms with Gasteiger partial charge in [0.2, 0.25) is 0 Å². The Morgan fingerprint density at radius 3 is 2.82 bits per heavy atom. The summed E-state index contributed by atoms with van der Waals surface area (Å²) in [4.78, 5) is 0. The van der Waals surface area contributed by atoms with Gasteiger partial charge in [0.15, 0.2) is 0 Å². The van der Waals surface area contributed by atoms with Crippen molar-refractivity contribution < 1.29 is 4.39 Å². The molecule has 1 unspecified atom stereocenters. The summed E-state index contributed by atoms with van der Waals surface area (Å²) in [6.07, 6.45) is 4.88. The quantitative estimate of drug-likeness (QED) is 0.869. The monoisotopic (exact) mass is 299 g/mol. The predicted molar refractivity (Wildman–Crippen MR) is 72.6 cm³/mol. The second-order valence-electron chi connectivity index (χ2n) is 4.77. The van der Waals surface area contributed by atoms with Crippen molar-refractivity contribution in [1.82, 2.24) is 5.32 Å². The van der Waals surface area contributed by atoms with Gasteiger partial charge in [-0.05, 0) is 59.3 Å². The molecule has 1 nitrogen and oxygen atoms in total. The summed E-state index contributed by atoms with van der Waals surface area (Å²) in [7, 11) is 0. The maximum atomic E-state index is 13.4. The van der Waals surface area contributed by atoms with Crippen LogP contribution in [0, 0.1) is 11.7 Å².